The molecule has 0 N–H and O–H groups in total. The maximum Gasteiger partial charge on any atom is 0.324 e. The van der Waals surface area contributed by atoms with E-state index in [1.807, 2.05) is 29.6 Å². The second-order valence-electron chi connectivity index (χ2n) is 5.88. The van der Waals surface area contributed by atoms with Crippen molar-refractivity contribution < 1.29 is 9.66 Å². The molecule has 0 aliphatic carbocycles. The number of nitrogens with zero attached hydrogens (tertiary/aromatic N) is 4. The minimum Gasteiger partial charge on any atom is -0.497 e. The van der Waals surface area contributed by atoms with E-state index in [0.717, 1.165) is 58.6 Å². The fraction of sp³-hybridized carbons (Fsp3) is 0.333. The highest BCUT2D eigenvalue weighted by atomic mass is 32.2. The van der Waals surface area contributed by atoms with Gasteiger partial charge in [0.1, 0.15) is 5.75 Å². The first kappa shape index (κ1) is 19.4. The van der Waals surface area contributed by atoms with E-state index in [0.29, 0.717) is 5.75 Å². The Morgan fingerprint density at radius 3 is 2.70 bits per heavy atom. The molecule has 0 aliphatic heterocycles. The van der Waals surface area contributed by atoms with Crippen LogP contribution < -0.4 is 4.74 Å². The Morgan fingerprint density at radius 1 is 1.30 bits per heavy atom. The van der Waals surface area contributed by atoms with E-state index < -0.39 is 0 Å². The number of aromatic nitrogens is 3. The summed E-state index contributed by atoms with van der Waals surface area (Å²) < 4.78 is 7.34. The lowest BCUT2D eigenvalue weighted by Gasteiger charge is -2.10. The van der Waals surface area contributed by atoms with Crippen LogP contribution in [0.25, 0.3) is 11.4 Å². The van der Waals surface area contributed by atoms with Gasteiger partial charge in [0.2, 0.25) is 0 Å². The van der Waals surface area contributed by atoms with Gasteiger partial charge in [-0.05, 0) is 36.2 Å². The number of methoxy groups -OCH3 is 1. The Hall–Kier alpha value is -2.39. The average Bonchev–Trinajstić information content (AvgIpc) is 3.32. The second-order valence-corrected chi connectivity index (χ2v) is 7.71. The van der Waals surface area contributed by atoms with E-state index in [1.54, 1.807) is 24.9 Å². The number of hydrogen-bond acceptors (Lipinski definition) is 7. The number of thiophene rings is 1. The summed E-state index contributed by atoms with van der Waals surface area (Å²) >= 11 is 2.70. The molecule has 3 aromatic rings. The second kappa shape index (κ2) is 9.01. The van der Waals surface area contributed by atoms with Gasteiger partial charge in [-0.3, -0.25) is 10.1 Å². The van der Waals surface area contributed by atoms with Gasteiger partial charge >= 0.3 is 5.00 Å². The average molecular weight is 405 g/mol. The molecule has 0 amide bonds. The molecule has 0 atom stereocenters. The van der Waals surface area contributed by atoms with Gasteiger partial charge in [-0.1, -0.05) is 36.4 Å². The van der Waals surface area contributed by atoms with Crippen molar-refractivity contribution >= 4 is 28.1 Å². The van der Waals surface area contributed by atoms with Gasteiger partial charge < -0.3 is 9.30 Å². The van der Waals surface area contributed by atoms with Crippen LogP contribution in [0.1, 0.15) is 25.3 Å². The summed E-state index contributed by atoms with van der Waals surface area (Å²) in [4.78, 5) is 10.5. The molecule has 0 radical (unpaired) electrons. The number of unbranched alkanes of at least 4 members (excludes halogenated alkanes) is 1. The molecule has 0 spiro atoms. The summed E-state index contributed by atoms with van der Waals surface area (Å²) in [5, 5.41) is 22.4. The third kappa shape index (κ3) is 4.67. The van der Waals surface area contributed by atoms with Gasteiger partial charge in [0.15, 0.2) is 11.0 Å². The SMILES string of the molecule is CCCCn1c(SCc2csc([N+](=O)[O-])c2)nnc1-c1ccc(OC)cc1. The highest BCUT2D eigenvalue weighted by Crippen LogP contribution is 2.30. The molecule has 0 aliphatic rings. The fourth-order valence-corrected chi connectivity index (χ4v) is 4.28. The van der Waals surface area contributed by atoms with Gasteiger partial charge in [-0.15, -0.1) is 10.2 Å². The van der Waals surface area contributed by atoms with E-state index >= 15 is 0 Å². The number of benzene rings is 1. The minimum atomic E-state index is -0.357. The van der Waals surface area contributed by atoms with Crippen molar-refractivity contribution in [1.29, 1.82) is 0 Å². The molecule has 1 aromatic carbocycles. The van der Waals surface area contributed by atoms with Crippen molar-refractivity contribution in [2.24, 2.45) is 0 Å². The van der Waals surface area contributed by atoms with Crippen LogP contribution in [0.5, 0.6) is 5.75 Å². The summed E-state index contributed by atoms with van der Waals surface area (Å²) in [6, 6.07) is 9.38. The van der Waals surface area contributed by atoms with Crippen LogP contribution >= 0.6 is 23.1 Å². The zero-order valence-electron chi connectivity index (χ0n) is 15.1. The lowest BCUT2D eigenvalue weighted by atomic mass is 10.2. The van der Waals surface area contributed by atoms with Crippen molar-refractivity contribution in [3.05, 3.63) is 51.4 Å². The zero-order chi connectivity index (χ0) is 19.2. The van der Waals surface area contributed by atoms with Gasteiger partial charge in [0.05, 0.1) is 12.0 Å². The molecule has 142 valence electrons. The van der Waals surface area contributed by atoms with E-state index in [9.17, 15) is 10.1 Å². The van der Waals surface area contributed by atoms with Crippen molar-refractivity contribution in [3.8, 4) is 17.1 Å². The molecule has 0 saturated carbocycles. The number of rotatable bonds is 9. The smallest absolute Gasteiger partial charge is 0.324 e. The third-order valence-corrected chi connectivity index (χ3v) is 5.96. The van der Waals surface area contributed by atoms with Gasteiger partial charge in [0, 0.05) is 29.3 Å². The van der Waals surface area contributed by atoms with Crippen LogP contribution in [0.2, 0.25) is 0 Å². The van der Waals surface area contributed by atoms with Crippen LogP contribution in [0.4, 0.5) is 5.00 Å². The molecule has 9 heteroatoms. The van der Waals surface area contributed by atoms with Gasteiger partial charge in [-0.25, -0.2) is 0 Å². The largest absolute Gasteiger partial charge is 0.497 e. The Kier molecular flexibility index (Phi) is 6.46. The summed E-state index contributed by atoms with van der Waals surface area (Å²) in [6.45, 7) is 2.98. The molecule has 27 heavy (non-hydrogen) atoms. The third-order valence-electron chi connectivity index (χ3n) is 3.99. The molecular weight excluding hydrogens is 384 g/mol. The highest BCUT2D eigenvalue weighted by molar-refractivity contribution is 7.98. The van der Waals surface area contributed by atoms with Crippen LogP contribution in [0.15, 0.2) is 40.9 Å². The molecule has 3 rings (SSSR count). The first-order valence-electron chi connectivity index (χ1n) is 8.54. The predicted octanol–water partition coefficient (Wildman–Crippen LogP) is 5.02. The van der Waals surface area contributed by atoms with Crippen molar-refractivity contribution in [1.82, 2.24) is 14.8 Å². The molecule has 0 unspecified atom stereocenters. The molecule has 0 fully saturated rings. The minimum absolute atomic E-state index is 0.164. The van der Waals surface area contributed by atoms with Crippen molar-refractivity contribution in [2.75, 3.05) is 7.11 Å². The number of ether oxygens (including phenoxy) is 1. The number of nitro groups is 1. The lowest BCUT2D eigenvalue weighted by molar-refractivity contribution is -0.380. The van der Waals surface area contributed by atoms with E-state index in [-0.39, 0.29) is 9.92 Å². The standard InChI is InChI=1S/C18H20N4O3S2/c1-3-4-9-21-17(14-5-7-15(25-2)8-6-14)19-20-18(21)27-12-13-10-16(22(23)24)26-11-13/h5-8,10-11H,3-4,9,12H2,1-2H3. The van der Waals surface area contributed by atoms with Crippen molar-refractivity contribution in [2.45, 2.75) is 37.2 Å². The van der Waals surface area contributed by atoms with Gasteiger partial charge in [0.25, 0.3) is 0 Å². The Bertz CT molecular complexity index is 906. The monoisotopic (exact) mass is 404 g/mol. The maximum absolute atomic E-state index is 10.8. The first-order chi connectivity index (χ1) is 13.1. The summed E-state index contributed by atoms with van der Waals surface area (Å²) in [5.74, 6) is 2.24. The van der Waals surface area contributed by atoms with E-state index in [2.05, 4.69) is 21.7 Å². The van der Waals surface area contributed by atoms with Crippen molar-refractivity contribution in [3.63, 3.8) is 0 Å². The first-order valence-corrected chi connectivity index (χ1v) is 10.4. The highest BCUT2D eigenvalue weighted by Gasteiger charge is 2.16. The van der Waals surface area contributed by atoms with Crippen LogP contribution in [-0.4, -0.2) is 26.8 Å². The molecule has 7 nitrogen and oxygen atoms in total. The Balaban J connectivity index is 1.81. The molecule has 0 saturated heterocycles. The molecule has 2 aromatic heterocycles. The topological polar surface area (TPSA) is 83.1 Å². The lowest BCUT2D eigenvalue weighted by Crippen LogP contribution is -2.02. The molecule has 0 bridgehead atoms. The Labute approximate surface area is 165 Å². The summed E-state index contributed by atoms with van der Waals surface area (Å²) in [6.07, 6.45) is 2.10. The predicted molar refractivity (Wildman–Crippen MR) is 107 cm³/mol. The summed E-state index contributed by atoms with van der Waals surface area (Å²) in [5.41, 5.74) is 1.91. The fourth-order valence-electron chi connectivity index (χ4n) is 2.55. The molecule has 2 heterocycles. The number of thioether (sulfide) groups is 1. The number of hydrogen-bond donors (Lipinski definition) is 0. The van der Waals surface area contributed by atoms with E-state index in [1.165, 1.54) is 0 Å². The molecular formula is C18H20N4O3S2. The van der Waals surface area contributed by atoms with Crippen LogP contribution in [-0.2, 0) is 12.3 Å². The zero-order valence-corrected chi connectivity index (χ0v) is 16.8. The Morgan fingerprint density at radius 2 is 2.07 bits per heavy atom. The van der Waals surface area contributed by atoms with E-state index in [4.69, 9.17) is 4.74 Å². The van der Waals surface area contributed by atoms with Crippen LogP contribution in [0.3, 0.4) is 0 Å². The maximum atomic E-state index is 10.8. The normalized spacial score (nSPS) is 10.9. The quantitative estimate of drug-likeness (QED) is 0.283. The van der Waals surface area contributed by atoms with Gasteiger partial charge in [-0.2, -0.15) is 0 Å². The summed E-state index contributed by atoms with van der Waals surface area (Å²) in [7, 11) is 1.64. The van der Waals surface area contributed by atoms with Crippen LogP contribution in [0, 0.1) is 10.1 Å².